The summed E-state index contributed by atoms with van der Waals surface area (Å²) in [6.45, 7) is 12.6. The second kappa shape index (κ2) is 16.5. The average molecular weight is 462 g/mol. The summed E-state index contributed by atoms with van der Waals surface area (Å²) in [6.07, 6.45) is 12.5. The smallest absolute Gasteiger partial charge is 0.0794 e. The number of hydrogen-bond acceptors (Lipinski definition) is 0. The van der Waals surface area contributed by atoms with E-state index in [2.05, 4.69) is 36.7 Å². The normalized spacial score (nSPS) is 11.4. The van der Waals surface area contributed by atoms with Gasteiger partial charge < -0.3 is 28.5 Å². The summed E-state index contributed by atoms with van der Waals surface area (Å²) in [7, 11) is 0. The molecule has 1 nitrogen and oxygen atoms in total. The molecular weight excluding hydrogens is 425 g/mol. The summed E-state index contributed by atoms with van der Waals surface area (Å²) in [5.74, 6) is 0. The van der Waals surface area contributed by atoms with Crippen molar-refractivity contribution in [3.8, 4) is 0 Å². The Hall–Kier alpha value is 1.17. The lowest BCUT2D eigenvalue weighted by molar-refractivity contribution is -0.928. The van der Waals surface area contributed by atoms with Crippen LogP contribution in [0.1, 0.15) is 78.6 Å². The van der Waals surface area contributed by atoms with Gasteiger partial charge in [-0.05, 0) is 32.1 Å². The molecule has 0 amide bonds. The van der Waals surface area contributed by atoms with Gasteiger partial charge in [0.15, 0.2) is 0 Å². The van der Waals surface area contributed by atoms with E-state index in [0.29, 0.717) is 0 Å². The fourth-order valence-corrected chi connectivity index (χ4v) is 3.20. The van der Waals surface area contributed by atoms with Crippen LogP contribution >= 0.6 is 15.9 Å². The molecule has 0 aromatic carbocycles. The Bertz CT molecular complexity index is 168. The number of nitrogens with zero attached hydrogens (tertiary/aromatic N) is 1. The van der Waals surface area contributed by atoms with Gasteiger partial charge in [-0.25, -0.2) is 0 Å². The van der Waals surface area contributed by atoms with Gasteiger partial charge in [0, 0.05) is 11.8 Å². The van der Waals surface area contributed by atoms with Crippen molar-refractivity contribution < 1.29 is 28.5 Å². The first-order chi connectivity index (χ1) is 9.24. The summed E-state index contributed by atoms with van der Waals surface area (Å²) >= 11 is 3.62. The van der Waals surface area contributed by atoms with Crippen LogP contribution in [0, 0.1) is 0 Å². The van der Waals surface area contributed by atoms with Gasteiger partial charge in [0.1, 0.15) is 0 Å². The molecule has 124 valence electrons. The standard InChI is InChI=1S/C17H37BrN.HI/c1-4-7-10-15-19(14-9-6-3,17-12-13-18)16-11-8-5-2;/h4-17H2,1-3H3;1H/q+1;/p-1. The quantitative estimate of drug-likeness (QED) is 0.161. The third-order valence-corrected chi connectivity index (χ3v) is 4.78. The second-order valence-corrected chi connectivity index (χ2v) is 6.84. The number of rotatable bonds is 14. The van der Waals surface area contributed by atoms with Crippen LogP contribution in [0.3, 0.4) is 0 Å². The molecule has 0 radical (unpaired) electrons. The zero-order valence-electron chi connectivity index (χ0n) is 14.1. The van der Waals surface area contributed by atoms with E-state index in [9.17, 15) is 0 Å². The number of alkyl halides is 1. The fourth-order valence-electron chi connectivity index (χ4n) is 2.95. The van der Waals surface area contributed by atoms with Crippen molar-refractivity contribution in [1.82, 2.24) is 0 Å². The van der Waals surface area contributed by atoms with Crippen LogP contribution in [0.4, 0.5) is 0 Å². The number of hydrogen-bond donors (Lipinski definition) is 0. The van der Waals surface area contributed by atoms with E-state index < -0.39 is 0 Å². The van der Waals surface area contributed by atoms with Crippen molar-refractivity contribution in [2.75, 3.05) is 31.5 Å². The lowest BCUT2D eigenvalue weighted by atomic mass is 10.1. The molecule has 0 aliphatic heterocycles. The summed E-state index contributed by atoms with van der Waals surface area (Å²) in [6, 6.07) is 0. The summed E-state index contributed by atoms with van der Waals surface area (Å²) in [5, 5.41) is 1.17. The topological polar surface area (TPSA) is 0 Å². The molecule has 3 heteroatoms. The van der Waals surface area contributed by atoms with E-state index in [-0.39, 0.29) is 24.0 Å². The molecule has 0 spiro atoms. The van der Waals surface area contributed by atoms with Gasteiger partial charge in [-0.15, -0.1) is 0 Å². The Labute approximate surface area is 154 Å². The average Bonchev–Trinajstić information content (AvgIpc) is 2.43. The minimum atomic E-state index is 0. The van der Waals surface area contributed by atoms with Crippen molar-refractivity contribution in [2.45, 2.75) is 78.6 Å². The first-order valence-corrected chi connectivity index (χ1v) is 9.77. The Balaban J connectivity index is 0. The van der Waals surface area contributed by atoms with Crippen molar-refractivity contribution in [2.24, 2.45) is 0 Å². The Kier molecular flexibility index (Phi) is 19.4. The molecule has 0 saturated carbocycles. The van der Waals surface area contributed by atoms with E-state index in [1.165, 1.54) is 93.8 Å². The summed E-state index contributed by atoms with van der Waals surface area (Å²) in [4.78, 5) is 0. The SMILES string of the molecule is CCCCC[N+](CCCC)(CCCBr)CCCCC.[I-]. The summed E-state index contributed by atoms with van der Waals surface area (Å²) in [5.41, 5.74) is 0. The molecule has 0 aromatic heterocycles. The molecule has 0 aliphatic carbocycles. The maximum atomic E-state index is 3.62. The highest BCUT2D eigenvalue weighted by Crippen LogP contribution is 2.17. The van der Waals surface area contributed by atoms with Crippen molar-refractivity contribution in [3.05, 3.63) is 0 Å². The third kappa shape index (κ3) is 11.8. The van der Waals surface area contributed by atoms with E-state index in [1.807, 2.05) is 0 Å². The van der Waals surface area contributed by atoms with Crippen molar-refractivity contribution in [1.29, 1.82) is 0 Å². The highest BCUT2D eigenvalue weighted by molar-refractivity contribution is 9.09. The van der Waals surface area contributed by atoms with Gasteiger partial charge in [0.05, 0.1) is 26.2 Å². The molecule has 0 rings (SSSR count). The zero-order valence-corrected chi connectivity index (χ0v) is 17.8. The van der Waals surface area contributed by atoms with Crippen LogP contribution in [0.2, 0.25) is 0 Å². The maximum absolute atomic E-state index is 3.62. The Morgan fingerprint density at radius 2 is 1.00 bits per heavy atom. The van der Waals surface area contributed by atoms with Gasteiger partial charge in [-0.2, -0.15) is 0 Å². The van der Waals surface area contributed by atoms with Crippen LogP contribution < -0.4 is 24.0 Å². The largest absolute Gasteiger partial charge is 1.00 e. The highest BCUT2D eigenvalue weighted by Gasteiger charge is 2.25. The lowest BCUT2D eigenvalue weighted by Gasteiger charge is -2.39. The minimum Gasteiger partial charge on any atom is -1.00 e. The van der Waals surface area contributed by atoms with E-state index in [0.717, 1.165) is 0 Å². The monoisotopic (exact) mass is 461 g/mol. The Morgan fingerprint density at radius 1 is 0.600 bits per heavy atom. The van der Waals surface area contributed by atoms with Crippen LogP contribution in [-0.2, 0) is 0 Å². The molecule has 0 N–H and O–H groups in total. The number of unbranched alkanes of at least 4 members (excludes halogenated alkanes) is 5. The van der Waals surface area contributed by atoms with E-state index >= 15 is 0 Å². The van der Waals surface area contributed by atoms with E-state index in [4.69, 9.17) is 0 Å². The predicted molar refractivity (Wildman–Crippen MR) is 92.1 cm³/mol. The molecule has 0 bridgehead atoms. The van der Waals surface area contributed by atoms with E-state index in [1.54, 1.807) is 0 Å². The molecule has 0 unspecified atom stereocenters. The molecule has 20 heavy (non-hydrogen) atoms. The first kappa shape index (κ1) is 23.4. The van der Waals surface area contributed by atoms with Gasteiger partial charge >= 0.3 is 0 Å². The summed E-state index contributed by atoms with van der Waals surface area (Å²) < 4.78 is 1.40. The van der Waals surface area contributed by atoms with Crippen LogP contribution in [-0.4, -0.2) is 36.0 Å². The maximum Gasteiger partial charge on any atom is 0.0794 e. The van der Waals surface area contributed by atoms with Crippen molar-refractivity contribution >= 4 is 15.9 Å². The molecule has 0 aliphatic rings. The van der Waals surface area contributed by atoms with Gasteiger partial charge in [-0.1, -0.05) is 56.0 Å². The minimum absolute atomic E-state index is 0. The van der Waals surface area contributed by atoms with Crippen LogP contribution in [0.15, 0.2) is 0 Å². The van der Waals surface area contributed by atoms with Gasteiger partial charge in [0.25, 0.3) is 0 Å². The molecule has 0 atom stereocenters. The fraction of sp³-hybridized carbons (Fsp3) is 1.00. The number of halogens is 2. The zero-order chi connectivity index (χ0) is 14.4. The molecule has 0 aromatic rings. The molecule has 0 saturated heterocycles. The van der Waals surface area contributed by atoms with Crippen LogP contribution in [0.25, 0.3) is 0 Å². The van der Waals surface area contributed by atoms with Gasteiger partial charge in [-0.3, -0.25) is 0 Å². The van der Waals surface area contributed by atoms with Crippen molar-refractivity contribution in [3.63, 3.8) is 0 Å². The third-order valence-electron chi connectivity index (χ3n) is 4.22. The second-order valence-electron chi connectivity index (χ2n) is 6.05. The Morgan fingerprint density at radius 3 is 1.40 bits per heavy atom. The lowest BCUT2D eigenvalue weighted by Crippen LogP contribution is -3.00. The van der Waals surface area contributed by atoms with Crippen LogP contribution in [0.5, 0.6) is 0 Å². The first-order valence-electron chi connectivity index (χ1n) is 8.65. The number of quaternary nitrogens is 1. The van der Waals surface area contributed by atoms with Gasteiger partial charge in [0.2, 0.25) is 0 Å². The highest BCUT2D eigenvalue weighted by atomic mass is 127. The molecule has 0 heterocycles. The predicted octanol–water partition coefficient (Wildman–Crippen LogP) is 2.77. The molecular formula is C17H37BrIN. The molecule has 0 fully saturated rings.